The van der Waals surface area contributed by atoms with E-state index in [2.05, 4.69) is 13.8 Å². The Morgan fingerprint density at radius 2 is 1.91 bits per heavy atom. The standard InChI is InChI=1S/C10H20O/c1-8(2)10-6-4-3-5-9(10)7-11/h8-11H,3-7H2,1-2H3/t9-,10-/m0/s1. The molecule has 0 radical (unpaired) electrons. The maximum atomic E-state index is 9.11. The summed E-state index contributed by atoms with van der Waals surface area (Å²) in [6.07, 6.45) is 5.29. The fraction of sp³-hybridized carbons (Fsp3) is 1.00. The highest BCUT2D eigenvalue weighted by Crippen LogP contribution is 2.34. The third-order valence-corrected chi connectivity index (χ3v) is 3.06. The Morgan fingerprint density at radius 1 is 1.27 bits per heavy atom. The summed E-state index contributed by atoms with van der Waals surface area (Å²) in [7, 11) is 0. The molecule has 1 aliphatic rings. The van der Waals surface area contributed by atoms with Gasteiger partial charge in [-0.1, -0.05) is 26.7 Å². The highest BCUT2D eigenvalue weighted by molar-refractivity contribution is 4.76. The van der Waals surface area contributed by atoms with Crippen molar-refractivity contribution in [2.24, 2.45) is 17.8 Å². The van der Waals surface area contributed by atoms with E-state index in [0.29, 0.717) is 12.5 Å². The zero-order valence-corrected chi connectivity index (χ0v) is 7.71. The van der Waals surface area contributed by atoms with Gasteiger partial charge in [0.05, 0.1) is 0 Å². The van der Waals surface area contributed by atoms with Crippen LogP contribution in [0, 0.1) is 17.8 Å². The fourth-order valence-electron chi connectivity index (χ4n) is 2.34. The van der Waals surface area contributed by atoms with Crippen molar-refractivity contribution in [3.8, 4) is 0 Å². The molecular weight excluding hydrogens is 136 g/mol. The lowest BCUT2D eigenvalue weighted by molar-refractivity contribution is 0.106. The monoisotopic (exact) mass is 156 g/mol. The van der Waals surface area contributed by atoms with Gasteiger partial charge in [0.2, 0.25) is 0 Å². The summed E-state index contributed by atoms with van der Waals surface area (Å²) in [4.78, 5) is 0. The largest absolute Gasteiger partial charge is 0.396 e. The molecule has 1 rings (SSSR count). The smallest absolute Gasteiger partial charge is 0.0462 e. The van der Waals surface area contributed by atoms with Gasteiger partial charge in [0.25, 0.3) is 0 Å². The molecule has 0 spiro atoms. The zero-order chi connectivity index (χ0) is 8.27. The van der Waals surface area contributed by atoms with Crippen LogP contribution in [0.2, 0.25) is 0 Å². The second-order valence-corrected chi connectivity index (χ2v) is 4.13. The summed E-state index contributed by atoms with van der Waals surface area (Å²) in [5.41, 5.74) is 0. The van der Waals surface area contributed by atoms with Gasteiger partial charge in [-0.3, -0.25) is 0 Å². The van der Waals surface area contributed by atoms with E-state index < -0.39 is 0 Å². The summed E-state index contributed by atoms with van der Waals surface area (Å²) in [6.45, 7) is 4.96. The number of hydrogen-bond acceptors (Lipinski definition) is 1. The van der Waals surface area contributed by atoms with Crippen LogP contribution in [0.3, 0.4) is 0 Å². The molecule has 1 aliphatic carbocycles. The molecule has 1 fully saturated rings. The molecule has 0 aromatic carbocycles. The van der Waals surface area contributed by atoms with Crippen LogP contribution in [-0.2, 0) is 0 Å². The Kier molecular flexibility index (Phi) is 3.38. The normalized spacial score (nSPS) is 32.7. The number of aliphatic hydroxyl groups is 1. The van der Waals surface area contributed by atoms with Gasteiger partial charge in [-0.15, -0.1) is 0 Å². The summed E-state index contributed by atoms with van der Waals surface area (Å²) < 4.78 is 0. The van der Waals surface area contributed by atoms with E-state index in [0.717, 1.165) is 11.8 Å². The van der Waals surface area contributed by atoms with Crippen LogP contribution < -0.4 is 0 Å². The third-order valence-electron chi connectivity index (χ3n) is 3.06. The first-order chi connectivity index (χ1) is 5.25. The molecule has 11 heavy (non-hydrogen) atoms. The van der Waals surface area contributed by atoms with Gasteiger partial charge in [0.15, 0.2) is 0 Å². The number of hydrogen-bond donors (Lipinski definition) is 1. The molecule has 1 nitrogen and oxygen atoms in total. The average molecular weight is 156 g/mol. The summed E-state index contributed by atoms with van der Waals surface area (Å²) in [6, 6.07) is 0. The first kappa shape index (κ1) is 9.05. The average Bonchev–Trinajstić information content (AvgIpc) is 2.04. The number of aliphatic hydroxyl groups excluding tert-OH is 1. The lowest BCUT2D eigenvalue weighted by Gasteiger charge is -2.32. The predicted molar refractivity (Wildman–Crippen MR) is 47.4 cm³/mol. The Balaban J connectivity index is 2.44. The summed E-state index contributed by atoms with van der Waals surface area (Å²) >= 11 is 0. The lowest BCUT2D eigenvalue weighted by Crippen LogP contribution is -2.26. The maximum absolute atomic E-state index is 9.11. The van der Waals surface area contributed by atoms with E-state index in [4.69, 9.17) is 5.11 Å². The molecule has 66 valence electrons. The molecule has 0 saturated heterocycles. The van der Waals surface area contributed by atoms with Crippen molar-refractivity contribution in [3.63, 3.8) is 0 Å². The second kappa shape index (κ2) is 4.10. The highest BCUT2D eigenvalue weighted by Gasteiger charge is 2.26. The van der Waals surface area contributed by atoms with Crippen molar-refractivity contribution in [3.05, 3.63) is 0 Å². The van der Waals surface area contributed by atoms with E-state index in [1.165, 1.54) is 25.7 Å². The number of rotatable bonds is 2. The second-order valence-electron chi connectivity index (χ2n) is 4.13. The molecule has 0 unspecified atom stereocenters. The molecule has 0 aromatic rings. The molecule has 0 aliphatic heterocycles. The summed E-state index contributed by atoms with van der Waals surface area (Å²) in [5, 5.41) is 9.11. The van der Waals surface area contributed by atoms with E-state index in [1.807, 2.05) is 0 Å². The molecule has 0 aromatic heterocycles. The van der Waals surface area contributed by atoms with Crippen LogP contribution in [0.1, 0.15) is 39.5 Å². The molecule has 0 bridgehead atoms. The molecule has 1 heteroatoms. The van der Waals surface area contributed by atoms with Crippen LogP contribution in [0.25, 0.3) is 0 Å². The highest BCUT2D eigenvalue weighted by atomic mass is 16.3. The minimum absolute atomic E-state index is 0.406. The molecule has 0 heterocycles. The predicted octanol–water partition coefficient (Wildman–Crippen LogP) is 2.44. The Labute approximate surface area is 69.8 Å². The van der Waals surface area contributed by atoms with Crippen LogP contribution in [0.4, 0.5) is 0 Å². The first-order valence-corrected chi connectivity index (χ1v) is 4.86. The van der Waals surface area contributed by atoms with E-state index >= 15 is 0 Å². The molecule has 0 amide bonds. The van der Waals surface area contributed by atoms with Crippen LogP contribution in [0.5, 0.6) is 0 Å². The van der Waals surface area contributed by atoms with Gasteiger partial charge >= 0.3 is 0 Å². The van der Waals surface area contributed by atoms with Gasteiger partial charge in [-0.2, -0.15) is 0 Å². The molecule has 2 atom stereocenters. The summed E-state index contributed by atoms with van der Waals surface area (Å²) in [5.74, 6) is 2.14. The van der Waals surface area contributed by atoms with Crippen LogP contribution >= 0.6 is 0 Å². The SMILES string of the molecule is CC(C)[C@@H]1CCCC[C@H]1CO. The topological polar surface area (TPSA) is 20.2 Å². The third kappa shape index (κ3) is 2.19. The Hall–Kier alpha value is -0.0400. The van der Waals surface area contributed by atoms with Crippen molar-refractivity contribution in [2.45, 2.75) is 39.5 Å². The van der Waals surface area contributed by atoms with Crippen molar-refractivity contribution < 1.29 is 5.11 Å². The quantitative estimate of drug-likeness (QED) is 0.651. The van der Waals surface area contributed by atoms with Gasteiger partial charge < -0.3 is 5.11 Å². The van der Waals surface area contributed by atoms with Crippen molar-refractivity contribution in [1.29, 1.82) is 0 Å². The van der Waals surface area contributed by atoms with Crippen molar-refractivity contribution >= 4 is 0 Å². The van der Waals surface area contributed by atoms with E-state index in [9.17, 15) is 0 Å². The molecular formula is C10H20O. The van der Waals surface area contributed by atoms with Gasteiger partial charge in [-0.25, -0.2) is 0 Å². The maximum Gasteiger partial charge on any atom is 0.0462 e. The lowest BCUT2D eigenvalue weighted by atomic mass is 9.74. The minimum atomic E-state index is 0.406. The van der Waals surface area contributed by atoms with E-state index in [-0.39, 0.29) is 0 Å². The van der Waals surface area contributed by atoms with Gasteiger partial charge in [0.1, 0.15) is 0 Å². The van der Waals surface area contributed by atoms with Gasteiger partial charge in [-0.05, 0) is 30.6 Å². The zero-order valence-electron chi connectivity index (χ0n) is 7.71. The van der Waals surface area contributed by atoms with E-state index in [1.54, 1.807) is 0 Å². The Bertz CT molecular complexity index is 109. The van der Waals surface area contributed by atoms with Crippen LogP contribution in [-0.4, -0.2) is 11.7 Å². The van der Waals surface area contributed by atoms with Gasteiger partial charge in [0, 0.05) is 6.61 Å². The fourth-order valence-corrected chi connectivity index (χ4v) is 2.34. The Morgan fingerprint density at radius 3 is 2.36 bits per heavy atom. The van der Waals surface area contributed by atoms with Crippen molar-refractivity contribution in [1.82, 2.24) is 0 Å². The van der Waals surface area contributed by atoms with Crippen LogP contribution in [0.15, 0.2) is 0 Å². The molecule has 1 saturated carbocycles. The minimum Gasteiger partial charge on any atom is -0.396 e. The van der Waals surface area contributed by atoms with Crippen molar-refractivity contribution in [2.75, 3.05) is 6.61 Å². The first-order valence-electron chi connectivity index (χ1n) is 4.86. The molecule has 1 N–H and O–H groups in total.